The average Bonchev–Trinajstić information content (AvgIpc) is 2.67. The number of ether oxygens (including phenoxy) is 1. The van der Waals surface area contributed by atoms with Crippen LogP contribution in [0, 0.1) is 0 Å². The molecular formula is C20H21BrN2O3. The highest BCUT2D eigenvalue weighted by atomic mass is 79.9. The molecule has 2 aromatic carbocycles. The Morgan fingerprint density at radius 3 is 2.69 bits per heavy atom. The summed E-state index contributed by atoms with van der Waals surface area (Å²) in [6, 6.07) is 13.8. The largest absolute Gasteiger partial charge is 0.486 e. The SMILES string of the molecule is NC(C(=O)COc1ccc(Br)cc1)C(=O)NC1CCCc2ccccc21. The number of carbonyl (C=O) groups excluding carboxylic acids is 2. The number of Topliss-reactive ketones (excluding diaryl/α,β-unsaturated/α-hetero) is 1. The maximum Gasteiger partial charge on any atom is 0.245 e. The van der Waals surface area contributed by atoms with Crippen LogP contribution in [0.1, 0.15) is 30.0 Å². The molecule has 0 fully saturated rings. The van der Waals surface area contributed by atoms with Gasteiger partial charge >= 0.3 is 0 Å². The number of rotatable bonds is 6. The Morgan fingerprint density at radius 1 is 1.19 bits per heavy atom. The number of aryl methyl sites for hydroxylation is 1. The summed E-state index contributed by atoms with van der Waals surface area (Å²) >= 11 is 3.33. The van der Waals surface area contributed by atoms with Gasteiger partial charge in [0.25, 0.3) is 0 Å². The minimum absolute atomic E-state index is 0.0984. The van der Waals surface area contributed by atoms with Gasteiger partial charge in [0, 0.05) is 4.47 Å². The van der Waals surface area contributed by atoms with E-state index < -0.39 is 17.7 Å². The zero-order valence-electron chi connectivity index (χ0n) is 14.3. The minimum atomic E-state index is -1.24. The first-order valence-electron chi connectivity index (χ1n) is 8.59. The number of nitrogens with one attached hydrogen (secondary N) is 1. The number of fused-ring (bicyclic) bond motifs is 1. The summed E-state index contributed by atoms with van der Waals surface area (Å²) in [5.74, 6) is -0.360. The first-order valence-corrected chi connectivity index (χ1v) is 9.39. The quantitative estimate of drug-likeness (QED) is 0.709. The van der Waals surface area contributed by atoms with Gasteiger partial charge in [0.15, 0.2) is 5.78 Å². The van der Waals surface area contributed by atoms with Crippen LogP contribution in [0.15, 0.2) is 53.0 Å². The van der Waals surface area contributed by atoms with E-state index in [0.717, 1.165) is 29.3 Å². The van der Waals surface area contributed by atoms with Crippen molar-refractivity contribution < 1.29 is 14.3 Å². The van der Waals surface area contributed by atoms with E-state index in [0.29, 0.717) is 5.75 Å². The number of halogens is 1. The number of carbonyl (C=O) groups is 2. The van der Waals surface area contributed by atoms with Gasteiger partial charge in [-0.1, -0.05) is 40.2 Å². The van der Waals surface area contributed by atoms with Crippen molar-refractivity contribution in [3.05, 3.63) is 64.1 Å². The Bertz CT molecular complexity index is 792. The molecule has 0 saturated heterocycles. The summed E-state index contributed by atoms with van der Waals surface area (Å²) in [5, 5.41) is 2.91. The second-order valence-electron chi connectivity index (χ2n) is 6.34. The fraction of sp³-hybridized carbons (Fsp3) is 0.300. The van der Waals surface area contributed by atoms with Crippen LogP contribution in [0.5, 0.6) is 5.75 Å². The minimum Gasteiger partial charge on any atom is -0.486 e. The molecule has 1 aliphatic rings. The lowest BCUT2D eigenvalue weighted by Gasteiger charge is -2.27. The van der Waals surface area contributed by atoms with Crippen molar-refractivity contribution in [3.8, 4) is 5.75 Å². The standard InChI is InChI=1S/C20H21BrN2O3/c21-14-8-10-15(11-9-14)26-12-18(24)19(22)20(25)23-17-7-3-5-13-4-1-2-6-16(13)17/h1-2,4,6,8-11,17,19H,3,5,7,12,22H2,(H,23,25). The molecular weight excluding hydrogens is 396 g/mol. The van der Waals surface area contributed by atoms with Crippen molar-refractivity contribution in [2.24, 2.45) is 5.73 Å². The highest BCUT2D eigenvalue weighted by molar-refractivity contribution is 9.10. The third-order valence-electron chi connectivity index (χ3n) is 4.51. The molecule has 3 rings (SSSR count). The molecule has 1 amide bonds. The zero-order chi connectivity index (χ0) is 18.5. The lowest BCUT2D eigenvalue weighted by atomic mass is 9.87. The molecule has 2 atom stereocenters. The van der Waals surface area contributed by atoms with Gasteiger partial charge in [-0.3, -0.25) is 9.59 Å². The van der Waals surface area contributed by atoms with Crippen LogP contribution < -0.4 is 15.8 Å². The molecule has 6 heteroatoms. The maximum atomic E-state index is 12.4. The van der Waals surface area contributed by atoms with Crippen LogP contribution in [0.3, 0.4) is 0 Å². The van der Waals surface area contributed by atoms with Crippen LogP contribution in [-0.4, -0.2) is 24.3 Å². The van der Waals surface area contributed by atoms with E-state index in [1.54, 1.807) is 12.1 Å². The van der Waals surface area contributed by atoms with Crippen molar-refractivity contribution in [1.82, 2.24) is 5.32 Å². The van der Waals surface area contributed by atoms with Gasteiger partial charge in [-0.15, -0.1) is 0 Å². The van der Waals surface area contributed by atoms with E-state index in [9.17, 15) is 9.59 Å². The molecule has 2 unspecified atom stereocenters. The van der Waals surface area contributed by atoms with Gasteiger partial charge in [0.2, 0.25) is 5.91 Å². The highest BCUT2D eigenvalue weighted by Crippen LogP contribution is 2.29. The van der Waals surface area contributed by atoms with Crippen molar-refractivity contribution >= 4 is 27.6 Å². The van der Waals surface area contributed by atoms with Gasteiger partial charge in [0.05, 0.1) is 6.04 Å². The summed E-state index contributed by atoms with van der Waals surface area (Å²) < 4.78 is 6.33. The van der Waals surface area contributed by atoms with Gasteiger partial charge in [0.1, 0.15) is 18.4 Å². The molecule has 0 saturated carbocycles. The van der Waals surface area contributed by atoms with E-state index in [2.05, 4.69) is 27.3 Å². The first kappa shape index (κ1) is 18.6. The van der Waals surface area contributed by atoms with Crippen LogP contribution in [0.2, 0.25) is 0 Å². The number of nitrogens with two attached hydrogens (primary N) is 1. The van der Waals surface area contributed by atoms with E-state index in [1.165, 1.54) is 5.56 Å². The number of amides is 1. The molecule has 3 N–H and O–H groups in total. The maximum absolute atomic E-state index is 12.4. The Morgan fingerprint density at radius 2 is 1.92 bits per heavy atom. The third-order valence-corrected chi connectivity index (χ3v) is 5.04. The fourth-order valence-electron chi connectivity index (χ4n) is 3.09. The Labute approximate surface area is 161 Å². The summed E-state index contributed by atoms with van der Waals surface area (Å²) in [6.07, 6.45) is 2.85. The highest BCUT2D eigenvalue weighted by Gasteiger charge is 2.27. The summed E-state index contributed by atoms with van der Waals surface area (Å²) in [4.78, 5) is 24.6. The van der Waals surface area contributed by atoms with Gasteiger partial charge < -0.3 is 15.8 Å². The van der Waals surface area contributed by atoms with Gasteiger partial charge in [-0.2, -0.15) is 0 Å². The molecule has 0 radical (unpaired) electrons. The summed E-state index contributed by atoms with van der Waals surface area (Å²) in [7, 11) is 0. The topological polar surface area (TPSA) is 81.4 Å². The second-order valence-corrected chi connectivity index (χ2v) is 7.25. The molecule has 5 nitrogen and oxygen atoms in total. The molecule has 0 bridgehead atoms. The Kier molecular flexibility index (Phi) is 6.06. The van der Waals surface area contributed by atoms with E-state index in [1.807, 2.05) is 30.3 Å². The summed E-state index contributed by atoms with van der Waals surface area (Å²) in [5.41, 5.74) is 8.18. The number of benzene rings is 2. The molecule has 1 aliphatic carbocycles. The first-order chi connectivity index (χ1) is 12.5. The average molecular weight is 417 g/mol. The molecule has 0 aliphatic heterocycles. The molecule has 26 heavy (non-hydrogen) atoms. The van der Waals surface area contributed by atoms with E-state index >= 15 is 0 Å². The monoisotopic (exact) mass is 416 g/mol. The molecule has 0 heterocycles. The Balaban J connectivity index is 1.56. The molecule has 136 valence electrons. The van der Waals surface area contributed by atoms with Crippen molar-refractivity contribution in [3.63, 3.8) is 0 Å². The van der Waals surface area contributed by atoms with Crippen LogP contribution in [0.4, 0.5) is 0 Å². The molecule has 0 spiro atoms. The van der Waals surface area contributed by atoms with Gasteiger partial charge in [-0.25, -0.2) is 0 Å². The fourth-order valence-corrected chi connectivity index (χ4v) is 3.35. The van der Waals surface area contributed by atoms with E-state index in [4.69, 9.17) is 10.5 Å². The molecule has 2 aromatic rings. The lowest BCUT2D eigenvalue weighted by molar-refractivity contribution is -0.131. The Hall–Kier alpha value is -2.18. The van der Waals surface area contributed by atoms with Crippen molar-refractivity contribution in [1.29, 1.82) is 0 Å². The van der Waals surface area contributed by atoms with Crippen molar-refractivity contribution in [2.45, 2.75) is 31.3 Å². The number of ketones is 1. The normalized spacial score (nSPS) is 17.1. The predicted octanol–water partition coefficient (Wildman–Crippen LogP) is 2.92. The third kappa shape index (κ3) is 4.51. The zero-order valence-corrected chi connectivity index (χ0v) is 15.9. The van der Waals surface area contributed by atoms with Crippen LogP contribution >= 0.6 is 15.9 Å². The molecule has 0 aromatic heterocycles. The van der Waals surface area contributed by atoms with E-state index in [-0.39, 0.29) is 12.6 Å². The number of hydrogen-bond acceptors (Lipinski definition) is 4. The number of hydrogen-bond donors (Lipinski definition) is 2. The lowest BCUT2D eigenvalue weighted by Crippen LogP contribution is -2.49. The van der Waals surface area contributed by atoms with Gasteiger partial charge in [-0.05, 0) is 54.7 Å². The predicted molar refractivity (Wildman–Crippen MR) is 103 cm³/mol. The summed E-state index contributed by atoms with van der Waals surface area (Å²) in [6.45, 7) is -0.239. The second kappa shape index (κ2) is 8.47. The smallest absolute Gasteiger partial charge is 0.245 e. The van der Waals surface area contributed by atoms with Crippen LogP contribution in [0.25, 0.3) is 0 Å². The van der Waals surface area contributed by atoms with Crippen LogP contribution in [-0.2, 0) is 16.0 Å². The van der Waals surface area contributed by atoms with Crippen molar-refractivity contribution in [2.75, 3.05) is 6.61 Å².